The summed E-state index contributed by atoms with van der Waals surface area (Å²) in [4.78, 5) is 4.05. The van der Waals surface area contributed by atoms with Gasteiger partial charge in [0.15, 0.2) is 0 Å². The van der Waals surface area contributed by atoms with Crippen LogP contribution in [0.5, 0.6) is 0 Å². The molecule has 1 fully saturated rings. The first kappa shape index (κ1) is 11.5. The summed E-state index contributed by atoms with van der Waals surface area (Å²) in [5.41, 5.74) is 0.532. The summed E-state index contributed by atoms with van der Waals surface area (Å²) >= 11 is 0. The van der Waals surface area contributed by atoms with Gasteiger partial charge in [0, 0.05) is 18.8 Å². The SMILES string of the molecule is CCC1CCCC1NCc1ncccc1F. The molecule has 1 aliphatic carbocycles. The Balaban J connectivity index is 1.90. The van der Waals surface area contributed by atoms with Crippen LogP contribution in [-0.2, 0) is 6.54 Å². The third-order valence-electron chi connectivity index (χ3n) is 3.55. The largest absolute Gasteiger partial charge is 0.308 e. The van der Waals surface area contributed by atoms with Gasteiger partial charge >= 0.3 is 0 Å². The first-order valence-electron chi connectivity index (χ1n) is 6.14. The summed E-state index contributed by atoms with van der Waals surface area (Å²) in [7, 11) is 0. The second-order valence-corrected chi connectivity index (χ2v) is 4.52. The number of hydrogen-bond acceptors (Lipinski definition) is 2. The molecule has 0 amide bonds. The van der Waals surface area contributed by atoms with Crippen molar-refractivity contribution in [3.05, 3.63) is 29.8 Å². The van der Waals surface area contributed by atoms with E-state index in [1.54, 1.807) is 12.3 Å². The quantitative estimate of drug-likeness (QED) is 0.847. The van der Waals surface area contributed by atoms with Crippen molar-refractivity contribution >= 4 is 0 Å². The van der Waals surface area contributed by atoms with E-state index in [-0.39, 0.29) is 5.82 Å². The van der Waals surface area contributed by atoms with Gasteiger partial charge < -0.3 is 5.32 Å². The molecule has 1 aromatic heterocycles. The third kappa shape index (κ3) is 2.59. The van der Waals surface area contributed by atoms with E-state index < -0.39 is 0 Å². The van der Waals surface area contributed by atoms with Crippen LogP contribution in [0.4, 0.5) is 4.39 Å². The molecule has 2 nitrogen and oxygen atoms in total. The standard InChI is InChI=1S/C13H19FN2/c1-2-10-5-3-7-12(10)16-9-13-11(14)6-4-8-15-13/h4,6,8,10,12,16H,2-3,5,7,9H2,1H3. The predicted octanol–water partition coefficient (Wildman–Crippen LogP) is 2.89. The number of nitrogens with zero attached hydrogens (tertiary/aromatic N) is 1. The molecule has 2 atom stereocenters. The van der Waals surface area contributed by atoms with E-state index in [1.807, 2.05) is 0 Å². The first-order valence-corrected chi connectivity index (χ1v) is 6.14. The third-order valence-corrected chi connectivity index (χ3v) is 3.55. The van der Waals surface area contributed by atoms with E-state index >= 15 is 0 Å². The lowest BCUT2D eigenvalue weighted by Crippen LogP contribution is -2.32. The lowest BCUT2D eigenvalue weighted by molar-refractivity contribution is 0.384. The Bertz CT molecular complexity index is 340. The van der Waals surface area contributed by atoms with Crippen molar-refractivity contribution in [1.29, 1.82) is 0 Å². The van der Waals surface area contributed by atoms with Gasteiger partial charge in [0.25, 0.3) is 0 Å². The van der Waals surface area contributed by atoms with Crippen molar-refractivity contribution in [2.24, 2.45) is 5.92 Å². The van der Waals surface area contributed by atoms with Crippen molar-refractivity contribution in [2.75, 3.05) is 0 Å². The number of aromatic nitrogens is 1. The Hall–Kier alpha value is -0.960. The fraction of sp³-hybridized carbons (Fsp3) is 0.615. The van der Waals surface area contributed by atoms with E-state index in [1.165, 1.54) is 31.7 Å². The summed E-state index contributed by atoms with van der Waals surface area (Å²) < 4.78 is 13.3. The molecule has 0 saturated heterocycles. The Labute approximate surface area is 96.3 Å². The topological polar surface area (TPSA) is 24.9 Å². The highest BCUT2D eigenvalue weighted by molar-refractivity contribution is 5.07. The summed E-state index contributed by atoms with van der Waals surface area (Å²) in [6.45, 7) is 2.78. The van der Waals surface area contributed by atoms with Crippen molar-refractivity contribution in [2.45, 2.75) is 45.2 Å². The van der Waals surface area contributed by atoms with Crippen LogP contribution in [-0.4, -0.2) is 11.0 Å². The Morgan fingerprint density at radius 1 is 1.50 bits per heavy atom. The molecule has 0 radical (unpaired) electrons. The zero-order chi connectivity index (χ0) is 11.4. The molecule has 1 heterocycles. The summed E-state index contributed by atoms with van der Waals surface area (Å²) in [5, 5.41) is 3.44. The summed E-state index contributed by atoms with van der Waals surface area (Å²) in [6.07, 6.45) is 6.67. The van der Waals surface area contributed by atoms with Crippen molar-refractivity contribution in [3.8, 4) is 0 Å². The number of pyridine rings is 1. The molecule has 1 saturated carbocycles. The van der Waals surface area contributed by atoms with Gasteiger partial charge in [-0.1, -0.05) is 19.8 Å². The molecule has 0 aromatic carbocycles. The highest BCUT2D eigenvalue weighted by atomic mass is 19.1. The van der Waals surface area contributed by atoms with Gasteiger partial charge in [-0.15, -0.1) is 0 Å². The highest BCUT2D eigenvalue weighted by Gasteiger charge is 2.25. The van der Waals surface area contributed by atoms with Crippen LogP contribution in [0, 0.1) is 11.7 Å². The number of rotatable bonds is 4. The zero-order valence-corrected chi connectivity index (χ0v) is 9.75. The van der Waals surface area contributed by atoms with Gasteiger partial charge in [-0.3, -0.25) is 4.98 Å². The van der Waals surface area contributed by atoms with Crippen molar-refractivity contribution in [3.63, 3.8) is 0 Å². The van der Waals surface area contributed by atoms with Crippen LogP contribution in [0.3, 0.4) is 0 Å². The van der Waals surface area contributed by atoms with E-state index in [4.69, 9.17) is 0 Å². The van der Waals surface area contributed by atoms with E-state index in [0.29, 0.717) is 18.3 Å². The minimum atomic E-state index is -0.207. The van der Waals surface area contributed by atoms with Gasteiger partial charge in [0.2, 0.25) is 0 Å². The summed E-state index contributed by atoms with van der Waals surface area (Å²) in [6, 6.07) is 3.64. The second kappa shape index (κ2) is 5.39. The smallest absolute Gasteiger partial charge is 0.146 e. The molecule has 0 aliphatic heterocycles. The number of nitrogens with one attached hydrogen (secondary N) is 1. The number of hydrogen-bond donors (Lipinski definition) is 1. The second-order valence-electron chi connectivity index (χ2n) is 4.52. The summed E-state index contributed by atoms with van der Waals surface area (Å²) in [5.74, 6) is 0.549. The Kier molecular flexibility index (Phi) is 3.88. The number of halogens is 1. The van der Waals surface area contributed by atoms with Gasteiger partial charge in [-0.2, -0.15) is 0 Å². The van der Waals surface area contributed by atoms with Crippen molar-refractivity contribution in [1.82, 2.24) is 10.3 Å². The van der Waals surface area contributed by atoms with Gasteiger partial charge in [-0.05, 0) is 30.9 Å². The monoisotopic (exact) mass is 222 g/mol. The van der Waals surface area contributed by atoms with Crippen LogP contribution < -0.4 is 5.32 Å². The molecule has 2 rings (SSSR count). The molecule has 1 N–H and O–H groups in total. The van der Waals surface area contributed by atoms with Crippen molar-refractivity contribution < 1.29 is 4.39 Å². The van der Waals surface area contributed by atoms with Crippen LogP contribution in [0.1, 0.15) is 38.3 Å². The van der Waals surface area contributed by atoms with E-state index in [2.05, 4.69) is 17.2 Å². The normalized spacial score (nSPS) is 24.9. The highest BCUT2D eigenvalue weighted by Crippen LogP contribution is 2.28. The first-order chi connectivity index (χ1) is 7.81. The molecule has 2 unspecified atom stereocenters. The van der Waals surface area contributed by atoms with Crippen LogP contribution >= 0.6 is 0 Å². The predicted molar refractivity (Wildman–Crippen MR) is 62.5 cm³/mol. The molecule has 88 valence electrons. The molecular formula is C13H19FN2. The van der Waals surface area contributed by atoms with Crippen LogP contribution in [0.2, 0.25) is 0 Å². The molecule has 1 aliphatic rings. The minimum Gasteiger partial charge on any atom is -0.308 e. The maximum absolute atomic E-state index is 13.3. The maximum Gasteiger partial charge on any atom is 0.146 e. The Morgan fingerprint density at radius 2 is 2.38 bits per heavy atom. The average molecular weight is 222 g/mol. The molecule has 1 aromatic rings. The van der Waals surface area contributed by atoms with E-state index in [9.17, 15) is 4.39 Å². The van der Waals surface area contributed by atoms with Gasteiger partial charge in [0.1, 0.15) is 5.82 Å². The molecule has 16 heavy (non-hydrogen) atoms. The average Bonchev–Trinajstić information content (AvgIpc) is 2.75. The fourth-order valence-corrected chi connectivity index (χ4v) is 2.57. The molecule has 3 heteroatoms. The lowest BCUT2D eigenvalue weighted by Gasteiger charge is -2.19. The maximum atomic E-state index is 13.3. The molecule has 0 spiro atoms. The zero-order valence-electron chi connectivity index (χ0n) is 9.75. The van der Waals surface area contributed by atoms with Gasteiger partial charge in [0.05, 0.1) is 5.69 Å². The van der Waals surface area contributed by atoms with Crippen LogP contribution in [0.25, 0.3) is 0 Å². The lowest BCUT2D eigenvalue weighted by atomic mass is 10.0. The molecule has 0 bridgehead atoms. The minimum absolute atomic E-state index is 0.207. The fourth-order valence-electron chi connectivity index (χ4n) is 2.57. The van der Waals surface area contributed by atoms with Crippen LogP contribution in [0.15, 0.2) is 18.3 Å². The Morgan fingerprint density at radius 3 is 3.12 bits per heavy atom. The van der Waals surface area contributed by atoms with E-state index in [0.717, 1.165) is 5.92 Å². The van der Waals surface area contributed by atoms with Gasteiger partial charge in [-0.25, -0.2) is 4.39 Å². The molecular weight excluding hydrogens is 203 g/mol.